The first-order valence-electron chi connectivity index (χ1n) is 8.88. The van der Waals surface area contributed by atoms with Crippen molar-refractivity contribution in [3.05, 3.63) is 0 Å². The van der Waals surface area contributed by atoms with Gasteiger partial charge in [-0.05, 0) is 12.8 Å². The second-order valence-corrected chi connectivity index (χ2v) is 5.30. The molecule has 23 heavy (non-hydrogen) atoms. The van der Waals surface area contributed by atoms with Crippen LogP contribution in [0.25, 0.3) is 0 Å². The van der Waals surface area contributed by atoms with Crippen molar-refractivity contribution in [3.8, 4) is 0 Å². The zero-order valence-corrected chi connectivity index (χ0v) is 14.9. The second kappa shape index (κ2) is 19.4. The van der Waals surface area contributed by atoms with Crippen molar-refractivity contribution in [1.82, 2.24) is 5.32 Å². The van der Waals surface area contributed by atoms with Gasteiger partial charge in [0.15, 0.2) is 0 Å². The zero-order chi connectivity index (χ0) is 17.0. The molecule has 0 bridgehead atoms. The van der Waals surface area contributed by atoms with E-state index < -0.39 is 0 Å². The Kier molecular flexibility index (Phi) is 18.8. The van der Waals surface area contributed by atoms with E-state index in [1.165, 1.54) is 12.8 Å². The molecule has 138 valence electrons. The highest BCUT2D eigenvalue weighted by molar-refractivity contribution is 5.77. The van der Waals surface area contributed by atoms with Crippen LogP contribution >= 0.6 is 0 Å². The molecule has 0 aromatic rings. The van der Waals surface area contributed by atoms with Gasteiger partial charge in [-0.3, -0.25) is 4.79 Å². The SMILES string of the molecule is CCCCCOCCOCCOCCOCC(=O)NCCCC. The minimum Gasteiger partial charge on any atom is -0.379 e. The predicted molar refractivity (Wildman–Crippen MR) is 90.7 cm³/mol. The Labute approximate surface area is 141 Å². The van der Waals surface area contributed by atoms with Crippen LogP contribution in [0.3, 0.4) is 0 Å². The van der Waals surface area contributed by atoms with Gasteiger partial charge in [0.2, 0.25) is 5.91 Å². The van der Waals surface area contributed by atoms with Gasteiger partial charge in [-0.15, -0.1) is 0 Å². The van der Waals surface area contributed by atoms with Gasteiger partial charge in [0, 0.05) is 13.2 Å². The highest BCUT2D eigenvalue weighted by Crippen LogP contribution is 1.93. The second-order valence-electron chi connectivity index (χ2n) is 5.30. The van der Waals surface area contributed by atoms with E-state index in [1.54, 1.807) is 0 Å². The summed E-state index contributed by atoms with van der Waals surface area (Å²) in [5.41, 5.74) is 0. The molecule has 0 aliphatic rings. The molecule has 0 unspecified atom stereocenters. The molecular formula is C17H35NO5. The van der Waals surface area contributed by atoms with E-state index in [-0.39, 0.29) is 12.5 Å². The van der Waals surface area contributed by atoms with Crippen LogP contribution in [0.1, 0.15) is 46.0 Å². The molecule has 1 amide bonds. The average Bonchev–Trinajstić information content (AvgIpc) is 2.55. The van der Waals surface area contributed by atoms with Crippen LogP contribution in [0.5, 0.6) is 0 Å². The van der Waals surface area contributed by atoms with Crippen molar-refractivity contribution in [3.63, 3.8) is 0 Å². The molecule has 0 radical (unpaired) electrons. The molecule has 0 rings (SSSR count). The number of hydrogen-bond donors (Lipinski definition) is 1. The molecule has 0 aromatic carbocycles. The summed E-state index contributed by atoms with van der Waals surface area (Å²) >= 11 is 0. The molecular weight excluding hydrogens is 298 g/mol. The Bertz CT molecular complexity index is 251. The summed E-state index contributed by atoms with van der Waals surface area (Å²) < 4.78 is 21.4. The van der Waals surface area contributed by atoms with Crippen LogP contribution in [0.2, 0.25) is 0 Å². The zero-order valence-electron chi connectivity index (χ0n) is 14.9. The summed E-state index contributed by atoms with van der Waals surface area (Å²) in [6.07, 6.45) is 5.62. The lowest BCUT2D eigenvalue weighted by atomic mass is 10.3. The third-order valence-corrected chi connectivity index (χ3v) is 3.09. The molecule has 0 saturated heterocycles. The lowest BCUT2D eigenvalue weighted by Gasteiger charge is -2.08. The molecule has 0 aliphatic carbocycles. The molecule has 1 N–H and O–H groups in total. The normalized spacial score (nSPS) is 10.9. The number of carbonyl (C=O) groups excluding carboxylic acids is 1. The summed E-state index contributed by atoms with van der Waals surface area (Å²) in [6.45, 7) is 9.11. The number of unbranched alkanes of at least 4 members (excludes halogenated alkanes) is 3. The molecule has 0 saturated carbocycles. The van der Waals surface area contributed by atoms with Gasteiger partial charge in [-0.1, -0.05) is 33.1 Å². The van der Waals surface area contributed by atoms with Gasteiger partial charge >= 0.3 is 0 Å². The number of nitrogens with one attached hydrogen (secondary N) is 1. The number of hydrogen-bond acceptors (Lipinski definition) is 5. The molecule has 0 aliphatic heterocycles. The van der Waals surface area contributed by atoms with Crippen LogP contribution in [-0.4, -0.2) is 65.3 Å². The van der Waals surface area contributed by atoms with Crippen molar-refractivity contribution in [2.45, 2.75) is 46.0 Å². The van der Waals surface area contributed by atoms with Crippen LogP contribution in [0, 0.1) is 0 Å². The maximum atomic E-state index is 11.3. The number of carbonyl (C=O) groups is 1. The van der Waals surface area contributed by atoms with Crippen LogP contribution in [0.4, 0.5) is 0 Å². The number of amides is 1. The summed E-state index contributed by atoms with van der Waals surface area (Å²) in [6, 6.07) is 0. The predicted octanol–water partition coefficient (Wildman–Crippen LogP) is 2.16. The van der Waals surface area contributed by atoms with Gasteiger partial charge < -0.3 is 24.3 Å². The van der Waals surface area contributed by atoms with Crippen LogP contribution in [0.15, 0.2) is 0 Å². The van der Waals surface area contributed by atoms with Gasteiger partial charge in [-0.2, -0.15) is 0 Å². The smallest absolute Gasteiger partial charge is 0.245 e. The standard InChI is InChI=1S/C17H35NO5/c1-3-5-7-9-20-10-11-21-12-13-22-14-15-23-16-17(19)18-8-6-4-2/h3-16H2,1-2H3,(H,18,19). The Balaban J connectivity index is 3.06. The first kappa shape index (κ1) is 22.3. The minimum atomic E-state index is -0.0688. The summed E-state index contributed by atoms with van der Waals surface area (Å²) in [7, 11) is 0. The molecule has 0 atom stereocenters. The summed E-state index contributed by atoms with van der Waals surface area (Å²) in [5.74, 6) is -0.0688. The molecule has 0 heterocycles. The van der Waals surface area contributed by atoms with Crippen molar-refractivity contribution in [2.24, 2.45) is 0 Å². The van der Waals surface area contributed by atoms with E-state index in [0.717, 1.165) is 32.4 Å². The highest BCUT2D eigenvalue weighted by Gasteiger charge is 1.99. The summed E-state index contributed by atoms with van der Waals surface area (Å²) in [5, 5.41) is 2.79. The Morgan fingerprint density at radius 3 is 1.78 bits per heavy atom. The average molecular weight is 333 g/mol. The maximum absolute atomic E-state index is 11.3. The quantitative estimate of drug-likeness (QED) is 0.389. The number of rotatable bonds is 18. The molecule has 6 heteroatoms. The van der Waals surface area contributed by atoms with Gasteiger partial charge in [0.1, 0.15) is 6.61 Å². The molecule has 0 fully saturated rings. The van der Waals surface area contributed by atoms with E-state index in [1.807, 2.05) is 0 Å². The van der Waals surface area contributed by atoms with Crippen molar-refractivity contribution in [2.75, 3.05) is 59.4 Å². The minimum absolute atomic E-state index is 0.0688. The van der Waals surface area contributed by atoms with Gasteiger partial charge in [0.05, 0.1) is 39.6 Å². The molecule has 0 spiro atoms. The Morgan fingerprint density at radius 2 is 1.22 bits per heavy atom. The fourth-order valence-corrected chi connectivity index (χ4v) is 1.73. The Morgan fingerprint density at radius 1 is 0.696 bits per heavy atom. The maximum Gasteiger partial charge on any atom is 0.245 e. The van der Waals surface area contributed by atoms with E-state index >= 15 is 0 Å². The van der Waals surface area contributed by atoms with E-state index in [0.29, 0.717) is 39.6 Å². The lowest BCUT2D eigenvalue weighted by Crippen LogP contribution is -2.29. The fraction of sp³-hybridized carbons (Fsp3) is 0.941. The van der Waals surface area contributed by atoms with E-state index in [4.69, 9.17) is 18.9 Å². The fourth-order valence-electron chi connectivity index (χ4n) is 1.73. The molecule has 0 aromatic heterocycles. The van der Waals surface area contributed by atoms with Crippen molar-refractivity contribution >= 4 is 5.91 Å². The van der Waals surface area contributed by atoms with Crippen molar-refractivity contribution in [1.29, 1.82) is 0 Å². The van der Waals surface area contributed by atoms with Crippen LogP contribution < -0.4 is 5.32 Å². The van der Waals surface area contributed by atoms with Crippen LogP contribution in [-0.2, 0) is 23.7 Å². The lowest BCUT2D eigenvalue weighted by molar-refractivity contribution is -0.126. The van der Waals surface area contributed by atoms with Crippen molar-refractivity contribution < 1.29 is 23.7 Å². The monoisotopic (exact) mass is 333 g/mol. The third-order valence-electron chi connectivity index (χ3n) is 3.09. The topological polar surface area (TPSA) is 66.0 Å². The third kappa shape index (κ3) is 19.3. The van der Waals surface area contributed by atoms with E-state index in [2.05, 4.69) is 19.2 Å². The Hall–Kier alpha value is -0.690. The van der Waals surface area contributed by atoms with Gasteiger partial charge in [0.25, 0.3) is 0 Å². The highest BCUT2D eigenvalue weighted by atomic mass is 16.6. The van der Waals surface area contributed by atoms with E-state index in [9.17, 15) is 4.79 Å². The summed E-state index contributed by atoms with van der Waals surface area (Å²) in [4.78, 5) is 11.3. The number of ether oxygens (including phenoxy) is 4. The first-order chi connectivity index (χ1) is 11.3. The largest absolute Gasteiger partial charge is 0.379 e. The molecule has 6 nitrogen and oxygen atoms in total. The van der Waals surface area contributed by atoms with Gasteiger partial charge in [-0.25, -0.2) is 0 Å². The first-order valence-corrected chi connectivity index (χ1v) is 8.88.